The van der Waals surface area contributed by atoms with E-state index in [-0.39, 0.29) is 17.3 Å². The average Bonchev–Trinajstić information content (AvgIpc) is 3.45. The molecule has 0 unspecified atom stereocenters. The van der Waals surface area contributed by atoms with Gasteiger partial charge in [-0.05, 0) is 48.5 Å². The normalized spacial score (nSPS) is 11.3. The van der Waals surface area contributed by atoms with Gasteiger partial charge in [0.2, 0.25) is 5.82 Å². The van der Waals surface area contributed by atoms with Crippen LogP contribution in [0.1, 0.15) is 5.56 Å². The van der Waals surface area contributed by atoms with E-state index in [0.29, 0.717) is 33.6 Å². The van der Waals surface area contributed by atoms with Crippen molar-refractivity contribution in [1.29, 1.82) is 0 Å². The highest BCUT2D eigenvalue weighted by molar-refractivity contribution is 5.92. The number of ether oxygens (including phenoxy) is 2. The molecular formula is C32H23FN4O5. The van der Waals surface area contributed by atoms with Gasteiger partial charge in [-0.1, -0.05) is 48.5 Å². The SMILES string of the molecule is COc1cccc(C=Nn2c(-c3cc4ccccc4o3)nc3ccccc3c2=O)c1OCC(=O)Nc1ccccc1F. The molecule has 0 bridgehead atoms. The number of nitrogens with zero attached hydrogens (tertiary/aromatic N) is 3. The Morgan fingerprint density at radius 2 is 1.81 bits per heavy atom. The van der Waals surface area contributed by atoms with Crippen molar-refractivity contribution in [1.82, 2.24) is 9.66 Å². The van der Waals surface area contributed by atoms with Crippen LogP contribution in [0.2, 0.25) is 0 Å². The minimum atomic E-state index is -0.573. The minimum Gasteiger partial charge on any atom is -0.493 e. The Morgan fingerprint density at radius 1 is 1.02 bits per heavy atom. The lowest BCUT2D eigenvalue weighted by Gasteiger charge is -2.13. The number of rotatable bonds is 8. The summed E-state index contributed by atoms with van der Waals surface area (Å²) >= 11 is 0. The highest BCUT2D eigenvalue weighted by Gasteiger charge is 2.17. The molecule has 0 fully saturated rings. The molecular weight excluding hydrogens is 539 g/mol. The third-order valence-electron chi connectivity index (χ3n) is 6.44. The van der Waals surface area contributed by atoms with Gasteiger partial charge in [-0.25, -0.2) is 9.37 Å². The lowest BCUT2D eigenvalue weighted by Crippen LogP contribution is -2.21. The van der Waals surface area contributed by atoms with Gasteiger partial charge < -0.3 is 19.2 Å². The maximum Gasteiger partial charge on any atom is 0.282 e. The zero-order valence-electron chi connectivity index (χ0n) is 22.3. The predicted molar refractivity (Wildman–Crippen MR) is 158 cm³/mol. The van der Waals surface area contributed by atoms with Crippen LogP contribution in [0.5, 0.6) is 11.5 Å². The first-order chi connectivity index (χ1) is 20.5. The first kappa shape index (κ1) is 26.5. The molecule has 0 aliphatic heterocycles. The molecule has 4 aromatic carbocycles. The van der Waals surface area contributed by atoms with Crippen molar-refractivity contribution >= 4 is 39.7 Å². The summed E-state index contributed by atoms with van der Waals surface area (Å²) in [5, 5.41) is 8.19. The fourth-order valence-electron chi connectivity index (χ4n) is 4.44. The second-order valence-corrected chi connectivity index (χ2v) is 9.16. The Morgan fingerprint density at radius 3 is 2.64 bits per heavy atom. The Labute approximate surface area is 238 Å². The zero-order chi connectivity index (χ0) is 29.1. The second kappa shape index (κ2) is 11.4. The fraction of sp³-hybridized carbons (Fsp3) is 0.0625. The molecule has 10 heteroatoms. The highest BCUT2D eigenvalue weighted by atomic mass is 19.1. The van der Waals surface area contributed by atoms with Crippen molar-refractivity contribution in [3.05, 3.63) is 119 Å². The van der Waals surface area contributed by atoms with E-state index in [0.717, 1.165) is 10.1 Å². The average molecular weight is 563 g/mol. The molecule has 0 aliphatic rings. The summed E-state index contributed by atoms with van der Waals surface area (Å²) in [7, 11) is 1.46. The summed E-state index contributed by atoms with van der Waals surface area (Å²) in [6.07, 6.45) is 1.41. The number of hydrogen-bond donors (Lipinski definition) is 1. The predicted octanol–water partition coefficient (Wildman–Crippen LogP) is 5.86. The van der Waals surface area contributed by atoms with Crippen LogP contribution in [0.3, 0.4) is 0 Å². The van der Waals surface area contributed by atoms with Crippen molar-refractivity contribution in [3.8, 4) is 23.1 Å². The quantitative estimate of drug-likeness (QED) is 0.233. The number of carbonyl (C=O) groups is 1. The Balaban J connectivity index is 1.37. The molecule has 2 aromatic heterocycles. The van der Waals surface area contributed by atoms with E-state index >= 15 is 0 Å². The summed E-state index contributed by atoms with van der Waals surface area (Å²) in [5.41, 5.74) is 1.19. The lowest BCUT2D eigenvalue weighted by molar-refractivity contribution is -0.118. The lowest BCUT2D eigenvalue weighted by atomic mass is 10.2. The summed E-state index contributed by atoms with van der Waals surface area (Å²) in [6.45, 7) is -0.433. The number of fused-ring (bicyclic) bond motifs is 2. The van der Waals surface area contributed by atoms with Gasteiger partial charge in [-0.3, -0.25) is 9.59 Å². The van der Waals surface area contributed by atoms with Crippen LogP contribution in [0.25, 0.3) is 33.5 Å². The van der Waals surface area contributed by atoms with Gasteiger partial charge >= 0.3 is 0 Å². The van der Waals surface area contributed by atoms with E-state index in [4.69, 9.17) is 18.9 Å². The monoisotopic (exact) mass is 562 g/mol. The minimum absolute atomic E-state index is 0.0363. The van der Waals surface area contributed by atoms with E-state index < -0.39 is 23.9 Å². The van der Waals surface area contributed by atoms with E-state index in [1.807, 2.05) is 24.3 Å². The molecule has 0 atom stereocenters. The number of anilines is 1. The molecule has 2 heterocycles. The van der Waals surface area contributed by atoms with Crippen LogP contribution >= 0.6 is 0 Å². The molecule has 0 spiro atoms. The van der Waals surface area contributed by atoms with E-state index in [2.05, 4.69) is 10.4 Å². The third kappa shape index (κ3) is 5.20. The van der Waals surface area contributed by atoms with Crippen molar-refractivity contribution in [2.75, 3.05) is 19.0 Å². The largest absolute Gasteiger partial charge is 0.493 e. The number of furan rings is 1. The molecule has 208 valence electrons. The Hall–Kier alpha value is -5.77. The number of carbonyl (C=O) groups excluding carboxylic acids is 1. The third-order valence-corrected chi connectivity index (χ3v) is 6.44. The first-order valence-corrected chi connectivity index (χ1v) is 12.9. The van der Waals surface area contributed by atoms with Crippen molar-refractivity contribution in [2.45, 2.75) is 0 Å². The molecule has 6 rings (SSSR count). The number of aromatic nitrogens is 2. The molecule has 0 radical (unpaired) electrons. The Kier molecular flexibility index (Phi) is 7.17. The first-order valence-electron chi connectivity index (χ1n) is 12.9. The van der Waals surface area contributed by atoms with Crippen LogP contribution in [0.15, 0.2) is 111 Å². The fourth-order valence-corrected chi connectivity index (χ4v) is 4.44. The smallest absolute Gasteiger partial charge is 0.282 e. The number of methoxy groups -OCH3 is 1. The van der Waals surface area contributed by atoms with Gasteiger partial charge in [0.15, 0.2) is 23.9 Å². The highest BCUT2D eigenvalue weighted by Crippen LogP contribution is 2.31. The van der Waals surface area contributed by atoms with Gasteiger partial charge in [0.25, 0.3) is 11.5 Å². The number of halogens is 1. The van der Waals surface area contributed by atoms with E-state index in [9.17, 15) is 14.0 Å². The van der Waals surface area contributed by atoms with E-state index in [1.54, 1.807) is 54.6 Å². The van der Waals surface area contributed by atoms with Crippen molar-refractivity contribution in [2.24, 2.45) is 5.10 Å². The van der Waals surface area contributed by atoms with Gasteiger partial charge in [0.1, 0.15) is 11.4 Å². The molecule has 0 saturated heterocycles. The van der Waals surface area contributed by atoms with Crippen LogP contribution in [-0.2, 0) is 4.79 Å². The standard InChI is InChI=1S/C32H23FN4O5/c1-40-27-16-8-10-21(30(27)41-19-29(38)35-25-14-6-4-12-23(25)33)18-34-37-31(28-17-20-9-2-7-15-26(20)42-28)36-24-13-5-3-11-22(24)32(37)39/h2-18H,19H2,1H3,(H,35,38). The molecule has 42 heavy (non-hydrogen) atoms. The number of benzene rings is 4. The molecule has 0 aliphatic carbocycles. The number of hydrogen-bond acceptors (Lipinski definition) is 7. The number of nitrogens with one attached hydrogen (secondary N) is 1. The number of para-hydroxylation sites is 4. The number of amides is 1. The van der Waals surface area contributed by atoms with Gasteiger partial charge in [-0.15, -0.1) is 0 Å². The second-order valence-electron chi connectivity index (χ2n) is 9.16. The van der Waals surface area contributed by atoms with Gasteiger partial charge in [-0.2, -0.15) is 9.78 Å². The molecule has 1 N–H and O–H groups in total. The zero-order valence-corrected chi connectivity index (χ0v) is 22.3. The van der Waals surface area contributed by atoms with Gasteiger partial charge in [0, 0.05) is 10.9 Å². The molecule has 9 nitrogen and oxygen atoms in total. The van der Waals surface area contributed by atoms with E-state index in [1.165, 1.54) is 31.5 Å². The topological polar surface area (TPSA) is 108 Å². The van der Waals surface area contributed by atoms with Gasteiger partial charge in [0.05, 0.1) is 29.9 Å². The van der Waals surface area contributed by atoms with Crippen LogP contribution in [-0.4, -0.2) is 35.5 Å². The molecule has 6 aromatic rings. The summed E-state index contributed by atoms with van der Waals surface area (Å²) in [5.74, 6) is -0.0239. The van der Waals surface area contributed by atoms with Crippen molar-refractivity contribution < 1.29 is 23.1 Å². The molecule has 1 amide bonds. The summed E-state index contributed by atoms with van der Waals surface area (Å²) in [4.78, 5) is 30.8. The summed E-state index contributed by atoms with van der Waals surface area (Å²) < 4.78 is 32.4. The maximum absolute atomic E-state index is 14.0. The maximum atomic E-state index is 14.0. The molecule has 0 saturated carbocycles. The Bertz CT molecular complexity index is 2000. The van der Waals surface area contributed by atoms with Crippen LogP contribution in [0, 0.1) is 5.82 Å². The van der Waals surface area contributed by atoms with Crippen LogP contribution < -0.4 is 20.3 Å². The van der Waals surface area contributed by atoms with Crippen molar-refractivity contribution in [3.63, 3.8) is 0 Å². The summed E-state index contributed by atoms with van der Waals surface area (Å²) in [6, 6.07) is 27.1. The van der Waals surface area contributed by atoms with Crippen LogP contribution in [0.4, 0.5) is 10.1 Å².